The van der Waals surface area contributed by atoms with E-state index in [2.05, 4.69) is 15.2 Å². The number of carbonyl (C=O) groups is 1. The van der Waals surface area contributed by atoms with Crippen molar-refractivity contribution in [3.05, 3.63) is 0 Å². The van der Waals surface area contributed by atoms with Crippen molar-refractivity contribution in [2.24, 2.45) is 10.7 Å². The summed E-state index contributed by atoms with van der Waals surface area (Å²) in [6, 6.07) is 0.313. The Morgan fingerprint density at radius 1 is 1.33 bits per heavy atom. The van der Waals surface area contributed by atoms with E-state index in [1.807, 2.05) is 18.7 Å². The summed E-state index contributed by atoms with van der Waals surface area (Å²) in [5.74, 6) is 0.672. The first-order chi connectivity index (χ1) is 8.49. The van der Waals surface area contributed by atoms with Crippen LogP contribution in [0.3, 0.4) is 0 Å². The van der Waals surface area contributed by atoms with Crippen LogP contribution in [0.4, 0.5) is 0 Å². The van der Waals surface area contributed by atoms with Crippen molar-refractivity contribution in [3.8, 4) is 0 Å². The van der Waals surface area contributed by atoms with Crippen molar-refractivity contribution in [2.45, 2.75) is 26.8 Å². The molecule has 0 saturated carbocycles. The molecule has 1 aliphatic heterocycles. The monoisotopic (exact) mass is 255 g/mol. The molecule has 0 aromatic carbocycles. The fourth-order valence-corrected chi connectivity index (χ4v) is 1.94. The normalized spacial score (nSPS) is 18.2. The van der Waals surface area contributed by atoms with E-state index in [1.165, 1.54) is 0 Å². The van der Waals surface area contributed by atoms with Gasteiger partial charge in [0, 0.05) is 45.7 Å². The van der Waals surface area contributed by atoms with Crippen LogP contribution in [-0.4, -0.2) is 67.0 Å². The maximum absolute atomic E-state index is 11.2. The summed E-state index contributed by atoms with van der Waals surface area (Å²) >= 11 is 0. The molecular weight excluding hydrogens is 230 g/mol. The average molecular weight is 255 g/mol. The highest BCUT2D eigenvalue weighted by Gasteiger charge is 2.17. The Balaban J connectivity index is 2.20. The lowest BCUT2D eigenvalue weighted by molar-refractivity contribution is -0.130. The van der Waals surface area contributed by atoms with Crippen molar-refractivity contribution in [3.63, 3.8) is 0 Å². The van der Waals surface area contributed by atoms with E-state index in [-0.39, 0.29) is 5.91 Å². The smallest absolute Gasteiger partial charge is 0.219 e. The van der Waals surface area contributed by atoms with Gasteiger partial charge in [-0.3, -0.25) is 14.7 Å². The third kappa shape index (κ3) is 5.35. The minimum Gasteiger partial charge on any atom is -0.370 e. The molecule has 1 saturated heterocycles. The number of hydrogen-bond acceptors (Lipinski definition) is 3. The van der Waals surface area contributed by atoms with Gasteiger partial charge in [-0.25, -0.2) is 0 Å². The molecule has 3 N–H and O–H groups in total. The molecule has 0 atom stereocenters. The summed E-state index contributed by atoms with van der Waals surface area (Å²) in [6.45, 7) is 10.8. The van der Waals surface area contributed by atoms with Crippen LogP contribution in [-0.2, 0) is 4.79 Å². The molecule has 104 valence electrons. The summed E-state index contributed by atoms with van der Waals surface area (Å²) in [6.07, 6.45) is 0. The van der Waals surface area contributed by atoms with Crippen LogP contribution in [0.15, 0.2) is 4.99 Å². The van der Waals surface area contributed by atoms with Gasteiger partial charge < -0.3 is 16.0 Å². The largest absolute Gasteiger partial charge is 0.370 e. The standard InChI is InChI=1S/C12H25N5O/c1-10(2)15-12(13)14-4-5-16-6-8-17(9-7-16)11(3)18/h10H,4-9H2,1-3H3,(H3,13,14,15). The molecule has 0 aromatic heterocycles. The zero-order valence-electron chi connectivity index (χ0n) is 11.6. The Hall–Kier alpha value is -1.30. The van der Waals surface area contributed by atoms with Gasteiger partial charge in [-0.2, -0.15) is 0 Å². The zero-order valence-corrected chi connectivity index (χ0v) is 11.6. The number of carbonyl (C=O) groups excluding carboxylic acids is 1. The van der Waals surface area contributed by atoms with Crippen LogP contribution in [0.5, 0.6) is 0 Å². The number of piperazine rings is 1. The van der Waals surface area contributed by atoms with Gasteiger partial charge in [0.1, 0.15) is 0 Å². The third-order valence-corrected chi connectivity index (χ3v) is 2.95. The molecule has 6 nitrogen and oxygen atoms in total. The van der Waals surface area contributed by atoms with E-state index >= 15 is 0 Å². The Bertz CT molecular complexity index is 295. The van der Waals surface area contributed by atoms with E-state index in [1.54, 1.807) is 6.92 Å². The van der Waals surface area contributed by atoms with Crippen molar-refractivity contribution in [1.82, 2.24) is 15.1 Å². The number of guanidine groups is 1. The Kier molecular flexibility index (Phi) is 5.91. The molecule has 0 bridgehead atoms. The predicted molar refractivity (Wildman–Crippen MR) is 73.5 cm³/mol. The van der Waals surface area contributed by atoms with Crippen LogP contribution < -0.4 is 11.1 Å². The van der Waals surface area contributed by atoms with Gasteiger partial charge >= 0.3 is 0 Å². The number of nitrogens with one attached hydrogen (secondary N) is 1. The van der Waals surface area contributed by atoms with Gasteiger partial charge in [0.25, 0.3) is 0 Å². The second-order valence-electron chi connectivity index (χ2n) is 4.91. The van der Waals surface area contributed by atoms with Crippen LogP contribution in [0, 0.1) is 0 Å². The summed E-state index contributed by atoms with van der Waals surface area (Å²) in [4.78, 5) is 19.6. The SMILES string of the molecule is CC(=O)N1CCN(CCN=C(N)NC(C)C)CC1. The molecule has 1 amide bonds. The predicted octanol–water partition coefficient (Wildman–Crippen LogP) is -0.537. The maximum Gasteiger partial charge on any atom is 0.219 e. The first-order valence-corrected chi connectivity index (χ1v) is 6.53. The Labute approximate surface area is 109 Å². The molecule has 1 fully saturated rings. The number of nitrogens with two attached hydrogens (primary N) is 1. The summed E-state index contributed by atoms with van der Waals surface area (Å²) in [5, 5.41) is 3.06. The van der Waals surface area contributed by atoms with Crippen LogP contribution in [0.2, 0.25) is 0 Å². The highest BCUT2D eigenvalue weighted by Crippen LogP contribution is 2.01. The second kappa shape index (κ2) is 7.20. The minimum atomic E-state index is 0.165. The molecule has 6 heteroatoms. The van der Waals surface area contributed by atoms with Gasteiger partial charge in [-0.15, -0.1) is 0 Å². The Morgan fingerprint density at radius 3 is 2.44 bits per heavy atom. The number of hydrogen-bond donors (Lipinski definition) is 2. The van der Waals surface area contributed by atoms with Crippen LogP contribution >= 0.6 is 0 Å². The summed E-state index contributed by atoms with van der Waals surface area (Å²) < 4.78 is 0. The van der Waals surface area contributed by atoms with Crippen LogP contribution in [0.1, 0.15) is 20.8 Å². The minimum absolute atomic E-state index is 0.165. The second-order valence-corrected chi connectivity index (χ2v) is 4.91. The van der Waals surface area contributed by atoms with Gasteiger partial charge in [0.05, 0.1) is 6.54 Å². The number of rotatable bonds is 4. The highest BCUT2D eigenvalue weighted by atomic mass is 16.2. The lowest BCUT2D eigenvalue weighted by Gasteiger charge is -2.33. The molecule has 1 heterocycles. The maximum atomic E-state index is 11.2. The van der Waals surface area contributed by atoms with Crippen molar-refractivity contribution >= 4 is 11.9 Å². The zero-order chi connectivity index (χ0) is 13.5. The first kappa shape index (κ1) is 14.8. The quantitative estimate of drug-likeness (QED) is 0.523. The fraction of sp³-hybridized carbons (Fsp3) is 0.833. The van der Waals surface area contributed by atoms with E-state index in [0.29, 0.717) is 18.5 Å². The van der Waals surface area contributed by atoms with Gasteiger partial charge in [0.2, 0.25) is 5.91 Å². The lowest BCUT2D eigenvalue weighted by Crippen LogP contribution is -2.48. The van der Waals surface area contributed by atoms with Gasteiger partial charge in [-0.1, -0.05) is 0 Å². The third-order valence-electron chi connectivity index (χ3n) is 2.95. The van der Waals surface area contributed by atoms with E-state index in [4.69, 9.17) is 5.73 Å². The Morgan fingerprint density at radius 2 is 1.94 bits per heavy atom. The summed E-state index contributed by atoms with van der Waals surface area (Å²) in [7, 11) is 0. The number of amides is 1. The molecular formula is C12H25N5O. The average Bonchev–Trinajstić information content (AvgIpc) is 2.28. The highest BCUT2D eigenvalue weighted by molar-refractivity contribution is 5.78. The molecule has 0 radical (unpaired) electrons. The van der Waals surface area contributed by atoms with Crippen molar-refractivity contribution in [1.29, 1.82) is 0 Å². The number of aliphatic imine (C=N–C) groups is 1. The molecule has 0 aliphatic carbocycles. The summed E-state index contributed by atoms with van der Waals surface area (Å²) in [5.41, 5.74) is 5.72. The first-order valence-electron chi connectivity index (χ1n) is 6.53. The molecule has 18 heavy (non-hydrogen) atoms. The van der Waals surface area contributed by atoms with Crippen molar-refractivity contribution in [2.75, 3.05) is 39.3 Å². The van der Waals surface area contributed by atoms with E-state index in [0.717, 1.165) is 32.7 Å². The van der Waals surface area contributed by atoms with Gasteiger partial charge in [0.15, 0.2) is 5.96 Å². The topological polar surface area (TPSA) is 74.0 Å². The molecule has 1 rings (SSSR count). The lowest BCUT2D eigenvalue weighted by atomic mass is 10.3. The van der Waals surface area contributed by atoms with E-state index in [9.17, 15) is 4.79 Å². The van der Waals surface area contributed by atoms with Gasteiger partial charge in [-0.05, 0) is 13.8 Å². The molecule has 0 spiro atoms. The van der Waals surface area contributed by atoms with Crippen LogP contribution in [0.25, 0.3) is 0 Å². The molecule has 1 aliphatic rings. The molecule has 0 unspecified atom stereocenters. The van der Waals surface area contributed by atoms with Crippen molar-refractivity contribution < 1.29 is 4.79 Å². The fourth-order valence-electron chi connectivity index (χ4n) is 1.94. The van der Waals surface area contributed by atoms with E-state index < -0.39 is 0 Å². The number of nitrogens with zero attached hydrogens (tertiary/aromatic N) is 3. The molecule has 0 aromatic rings.